The molecule has 0 unspecified atom stereocenters. The highest BCUT2D eigenvalue weighted by Gasteiger charge is 2.24. The standard InChI is InChI=1S/C18H20Cl2N4O/c1-12-7-13(2)9-14(8-12)22-18(25)24-5-3-23(4-6-24)17-15(19)10-21-11-16(17)20/h7-11H,3-6H2,1-2H3,(H,22,25). The Hall–Kier alpha value is -1.98. The van der Waals surface area contributed by atoms with E-state index >= 15 is 0 Å². The minimum absolute atomic E-state index is 0.0865. The van der Waals surface area contributed by atoms with Crippen LogP contribution in [-0.4, -0.2) is 42.1 Å². The molecule has 2 heterocycles. The molecule has 132 valence electrons. The first-order valence-corrected chi connectivity index (χ1v) is 8.88. The molecule has 1 saturated heterocycles. The van der Waals surface area contributed by atoms with Gasteiger partial charge in [0, 0.05) is 44.3 Å². The average Bonchev–Trinajstić information content (AvgIpc) is 2.54. The Labute approximate surface area is 157 Å². The molecule has 0 saturated carbocycles. The molecule has 1 aliphatic rings. The fourth-order valence-corrected chi connectivity index (χ4v) is 3.69. The highest BCUT2D eigenvalue weighted by Crippen LogP contribution is 2.33. The van der Waals surface area contributed by atoms with Crippen molar-refractivity contribution in [1.82, 2.24) is 9.88 Å². The van der Waals surface area contributed by atoms with Gasteiger partial charge < -0.3 is 15.1 Å². The third-order valence-electron chi connectivity index (χ3n) is 4.18. The van der Waals surface area contributed by atoms with Crippen molar-refractivity contribution in [2.75, 3.05) is 36.4 Å². The van der Waals surface area contributed by atoms with Crippen LogP contribution in [0.4, 0.5) is 16.2 Å². The van der Waals surface area contributed by atoms with E-state index in [-0.39, 0.29) is 6.03 Å². The first-order valence-electron chi connectivity index (χ1n) is 8.12. The largest absolute Gasteiger partial charge is 0.365 e. The van der Waals surface area contributed by atoms with Gasteiger partial charge in [-0.15, -0.1) is 0 Å². The van der Waals surface area contributed by atoms with E-state index in [1.165, 1.54) is 0 Å². The van der Waals surface area contributed by atoms with Crippen molar-refractivity contribution in [2.45, 2.75) is 13.8 Å². The van der Waals surface area contributed by atoms with E-state index in [0.29, 0.717) is 36.2 Å². The second kappa shape index (κ2) is 7.50. The molecule has 1 aliphatic heterocycles. The highest BCUT2D eigenvalue weighted by molar-refractivity contribution is 6.38. The molecule has 2 aromatic rings. The minimum Gasteiger partial charge on any atom is -0.365 e. The number of nitrogens with one attached hydrogen (secondary N) is 1. The maximum Gasteiger partial charge on any atom is 0.321 e. The third-order valence-corrected chi connectivity index (χ3v) is 4.74. The van der Waals surface area contributed by atoms with Crippen LogP contribution in [0.15, 0.2) is 30.6 Å². The van der Waals surface area contributed by atoms with Crippen LogP contribution in [-0.2, 0) is 0 Å². The Balaban J connectivity index is 1.63. The summed E-state index contributed by atoms with van der Waals surface area (Å²) in [6.07, 6.45) is 3.17. The minimum atomic E-state index is -0.0865. The molecule has 0 radical (unpaired) electrons. The van der Waals surface area contributed by atoms with E-state index in [1.807, 2.05) is 26.0 Å². The number of rotatable bonds is 2. The second-order valence-electron chi connectivity index (χ2n) is 6.23. The summed E-state index contributed by atoms with van der Waals surface area (Å²) >= 11 is 12.4. The van der Waals surface area contributed by atoms with Crippen LogP contribution in [0.3, 0.4) is 0 Å². The van der Waals surface area contributed by atoms with Crippen molar-refractivity contribution in [2.24, 2.45) is 0 Å². The van der Waals surface area contributed by atoms with Gasteiger partial charge in [0.05, 0.1) is 15.7 Å². The molecule has 5 nitrogen and oxygen atoms in total. The predicted octanol–water partition coefficient (Wildman–Crippen LogP) is 4.36. The summed E-state index contributed by atoms with van der Waals surface area (Å²) in [5.41, 5.74) is 3.86. The molecule has 0 bridgehead atoms. The number of anilines is 2. The SMILES string of the molecule is Cc1cc(C)cc(NC(=O)N2CCN(c3c(Cl)cncc3Cl)CC2)c1. The first-order chi connectivity index (χ1) is 11.9. The summed E-state index contributed by atoms with van der Waals surface area (Å²) in [7, 11) is 0. The Morgan fingerprint density at radius 2 is 1.56 bits per heavy atom. The van der Waals surface area contributed by atoms with Crippen LogP contribution in [0.1, 0.15) is 11.1 Å². The van der Waals surface area contributed by atoms with Crippen LogP contribution in [0.25, 0.3) is 0 Å². The topological polar surface area (TPSA) is 48.5 Å². The number of aromatic nitrogens is 1. The molecule has 0 atom stereocenters. The zero-order valence-corrected chi connectivity index (χ0v) is 15.7. The Kier molecular flexibility index (Phi) is 5.35. The number of carbonyl (C=O) groups excluding carboxylic acids is 1. The number of hydrogen-bond acceptors (Lipinski definition) is 3. The molecule has 2 amide bonds. The molecular formula is C18H20Cl2N4O. The molecule has 3 rings (SSSR count). The molecule has 0 aliphatic carbocycles. The molecule has 0 spiro atoms. The van der Waals surface area contributed by atoms with Crippen LogP contribution in [0.5, 0.6) is 0 Å². The summed E-state index contributed by atoms with van der Waals surface area (Å²) in [4.78, 5) is 20.4. The first kappa shape index (κ1) is 17.8. The third kappa shape index (κ3) is 4.17. The van der Waals surface area contributed by atoms with Gasteiger partial charge >= 0.3 is 6.03 Å². The average molecular weight is 379 g/mol. The number of hydrogen-bond donors (Lipinski definition) is 1. The monoisotopic (exact) mass is 378 g/mol. The number of benzene rings is 1. The van der Waals surface area contributed by atoms with Crippen molar-refractivity contribution in [3.8, 4) is 0 Å². The predicted molar refractivity (Wildman–Crippen MR) is 103 cm³/mol. The van der Waals surface area contributed by atoms with E-state index in [4.69, 9.17) is 23.2 Å². The maximum atomic E-state index is 12.5. The van der Waals surface area contributed by atoms with Crippen molar-refractivity contribution in [3.63, 3.8) is 0 Å². The van der Waals surface area contributed by atoms with Crippen LogP contribution in [0, 0.1) is 13.8 Å². The quantitative estimate of drug-likeness (QED) is 0.844. The highest BCUT2D eigenvalue weighted by atomic mass is 35.5. The van der Waals surface area contributed by atoms with Gasteiger partial charge in [0.25, 0.3) is 0 Å². The van der Waals surface area contributed by atoms with E-state index in [0.717, 1.165) is 22.5 Å². The number of urea groups is 1. The van der Waals surface area contributed by atoms with Gasteiger partial charge in [-0.3, -0.25) is 4.98 Å². The fourth-order valence-electron chi connectivity index (χ4n) is 3.09. The fraction of sp³-hybridized carbons (Fsp3) is 0.333. The maximum absolute atomic E-state index is 12.5. The summed E-state index contributed by atoms with van der Waals surface area (Å²) in [5.74, 6) is 0. The van der Waals surface area contributed by atoms with Gasteiger partial charge in [-0.1, -0.05) is 29.3 Å². The summed E-state index contributed by atoms with van der Waals surface area (Å²) in [6, 6.07) is 5.93. The van der Waals surface area contributed by atoms with Gasteiger partial charge in [-0.25, -0.2) is 4.79 Å². The number of piperazine rings is 1. The molecule has 7 heteroatoms. The second-order valence-corrected chi connectivity index (χ2v) is 7.05. The Bertz CT molecular complexity index is 748. The summed E-state index contributed by atoms with van der Waals surface area (Å²) < 4.78 is 0. The van der Waals surface area contributed by atoms with Gasteiger partial charge in [0.1, 0.15) is 0 Å². The summed E-state index contributed by atoms with van der Waals surface area (Å²) in [5, 5.41) is 4.03. The van der Waals surface area contributed by atoms with Gasteiger partial charge in [0.15, 0.2) is 0 Å². The number of carbonyl (C=O) groups is 1. The number of amides is 2. The normalized spacial score (nSPS) is 14.6. The van der Waals surface area contributed by atoms with Gasteiger partial charge in [-0.05, 0) is 37.1 Å². The molecule has 1 aromatic carbocycles. The molecule has 25 heavy (non-hydrogen) atoms. The zero-order valence-electron chi connectivity index (χ0n) is 14.2. The summed E-state index contributed by atoms with van der Waals surface area (Å²) in [6.45, 7) is 6.58. The van der Waals surface area contributed by atoms with Crippen molar-refractivity contribution in [3.05, 3.63) is 51.8 Å². The lowest BCUT2D eigenvalue weighted by Crippen LogP contribution is -2.50. The van der Waals surface area contributed by atoms with E-state index in [1.54, 1.807) is 17.3 Å². The number of halogens is 2. The lowest BCUT2D eigenvalue weighted by atomic mass is 10.1. The van der Waals surface area contributed by atoms with Crippen LogP contribution >= 0.6 is 23.2 Å². The zero-order chi connectivity index (χ0) is 18.0. The Morgan fingerprint density at radius 3 is 2.12 bits per heavy atom. The van der Waals surface area contributed by atoms with Crippen molar-refractivity contribution in [1.29, 1.82) is 0 Å². The van der Waals surface area contributed by atoms with E-state index in [9.17, 15) is 4.79 Å². The molecule has 1 N–H and O–H groups in total. The van der Waals surface area contributed by atoms with Crippen molar-refractivity contribution >= 4 is 40.6 Å². The van der Waals surface area contributed by atoms with Crippen LogP contribution < -0.4 is 10.2 Å². The molecule has 1 fully saturated rings. The van der Waals surface area contributed by atoms with Gasteiger partial charge in [0.2, 0.25) is 0 Å². The Morgan fingerprint density at radius 1 is 1.00 bits per heavy atom. The smallest absolute Gasteiger partial charge is 0.321 e. The number of aryl methyl sites for hydroxylation is 2. The van der Waals surface area contributed by atoms with Gasteiger partial charge in [-0.2, -0.15) is 0 Å². The number of nitrogens with zero attached hydrogens (tertiary/aromatic N) is 3. The molecule has 1 aromatic heterocycles. The lowest BCUT2D eigenvalue weighted by Gasteiger charge is -2.36. The van der Waals surface area contributed by atoms with E-state index in [2.05, 4.69) is 21.3 Å². The lowest BCUT2D eigenvalue weighted by molar-refractivity contribution is 0.208. The van der Waals surface area contributed by atoms with E-state index < -0.39 is 0 Å². The molecular weight excluding hydrogens is 359 g/mol. The van der Waals surface area contributed by atoms with Crippen molar-refractivity contribution < 1.29 is 4.79 Å². The number of pyridine rings is 1. The van der Waals surface area contributed by atoms with Crippen LogP contribution in [0.2, 0.25) is 10.0 Å².